The quantitative estimate of drug-likeness (QED) is 0.564. The van der Waals surface area contributed by atoms with Crippen LogP contribution in [0.2, 0.25) is 0 Å². The Morgan fingerprint density at radius 2 is 1.96 bits per heavy atom. The second-order valence-electron chi connectivity index (χ2n) is 6.09. The molecule has 1 aromatic carbocycles. The van der Waals surface area contributed by atoms with Crippen LogP contribution in [0.4, 0.5) is 0 Å². The Morgan fingerprint density at radius 1 is 1.20 bits per heavy atom. The summed E-state index contributed by atoms with van der Waals surface area (Å²) in [6, 6.07) is 9.87. The summed E-state index contributed by atoms with van der Waals surface area (Å²) in [6.07, 6.45) is 9.49. The number of carbonyl (C=O) groups is 1. The fourth-order valence-electron chi connectivity index (χ4n) is 2.69. The standard InChI is InChI=1S/C21H27NO3/c1-3-4-5-9-14-24-21-18(15-17-10-7-6-8-11-17)20(25-16(2)23)13-12-19(21)22/h6-8,10-13,15,20H,3-5,9,14,22H2,1-2H3. The van der Waals surface area contributed by atoms with E-state index in [1.54, 1.807) is 12.2 Å². The van der Waals surface area contributed by atoms with Crippen molar-refractivity contribution < 1.29 is 14.3 Å². The Labute approximate surface area is 150 Å². The highest BCUT2D eigenvalue weighted by atomic mass is 16.5. The van der Waals surface area contributed by atoms with Gasteiger partial charge in [0.25, 0.3) is 0 Å². The lowest BCUT2D eigenvalue weighted by molar-refractivity contribution is -0.142. The molecule has 0 saturated heterocycles. The van der Waals surface area contributed by atoms with Crippen LogP contribution in [-0.4, -0.2) is 18.7 Å². The maximum atomic E-state index is 11.5. The van der Waals surface area contributed by atoms with E-state index in [-0.39, 0.29) is 5.97 Å². The van der Waals surface area contributed by atoms with E-state index in [9.17, 15) is 4.79 Å². The maximum absolute atomic E-state index is 11.5. The Kier molecular flexibility index (Phi) is 7.33. The molecule has 0 spiro atoms. The van der Waals surface area contributed by atoms with Gasteiger partial charge in [-0.1, -0.05) is 56.5 Å². The Morgan fingerprint density at radius 3 is 2.64 bits per heavy atom. The third-order valence-electron chi connectivity index (χ3n) is 3.94. The van der Waals surface area contributed by atoms with Gasteiger partial charge in [-0.15, -0.1) is 0 Å². The van der Waals surface area contributed by atoms with Crippen LogP contribution in [0.1, 0.15) is 45.1 Å². The van der Waals surface area contributed by atoms with Crippen LogP contribution >= 0.6 is 0 Å². The van der Waals surface area contributed by atoms with Gasteiger partial charge in [0.1, 0.15) is 11.9 Å². The number of hydrogen-bond donors (Lipinski definition) is 1. The van der Waals surface area contributed by atoms with E-state index in [1.807, 2.05) is 36.4 Å². The lowest BCUT2D eigenvalue weighted by atomic mass is 9.97. The number of ether oxygens (including phenoxy) is 2. The Balaban J connectivity index is 2.22. The molecule has 1 aliphatic rings. The monoisotopic (exact) mass is 341 g/mol. The first-order chi connectivity index (χ1) is 12.1. The molecule has 2 N–H and O–H groups in total. The number of rotatable bonds is 8. The highest BCUT2D eigenvalue weighted by Gasteiger charge is 2.25. The first-order valence-electron chi connectivity index (χ1n) is 8.86. The van der Waals surface area contributed by atoms with Crippen molar-refractivity contribution in [1.29, 1.82) is 0 Å². The molecule has 0 heterocycles. The predicted molar refractivity (Wildman–Crippen MR) is 100 cm³/mol. The summed E-state index contributed by atoms with van der Waals surface area (Å²) < 4.78 is 11.4. The minimum absolute atomic E-state index is 0.337. The fraction of sp³-hybridized carbons (Fsp3) is 0.381. The van der Waals surface area contributed by atoms with E-state index < -0.39 is 6.10 Å². The molecule has 134 valence electrons. The van der Waals surface area contributed by atoms with Gasteiger partial charge in [0.05, 0.1) is 12.3 Å². The molecule has 25 heavy (non-hydrogen) atoms. The third kappa shape index (κ3) is 5.82. The molecular formula is C21H27NO3. The van der Waals surface area contributed by atoms with E-state index in [1.165, 1.54) is 19.8 Å². The SMILES string of the molecule is CCCCCCOC1=C(N)C=CC(OC(C)=O)C1=Cc1ccccc1. The minimum Gasteiger partial charge on any atom is -0.491 e. The number of unbranched alkanes of at least 4 members (excludes halogenated alkanes) is 3. The lowest BCUT2D eigenvalue weighted by Gasteiger charge is -2.25. The predicted octanol–water partition coefficient (Wildman–Crippen LogP) is 4.34. The molecule has 1 atom stereocenters. The zero-order chi connectivity index (χ0) is 18.1. The van der Waals surface area contributed by atoms with Crippen molar-refractivity contribution in [3.8, 4) is 0 Å². The summed E-state index contributed by atoms with van der Waals surface area (Å²) in [6.45, 7) is 4.18. The van der Waals surface area contributed by atoms with Crippen molar-refractivity contribution in [2.24, 2.45) is 5.73 Å². The molecule has 0 fully saturated rings. The Bertz CT molecular complexity index is 659. The van der Waals surface area contributed by atoms with Crippen LogP contribution in [0.25, 0.3) is 6.08 Å². The molecule has 4 heteroatoms. The van der Waals surface area contributed by atoms with Gasteiger partial charge in [-0.25, -0.2) is 0 Å². The van der Waals surface area contributed by atoms with Crippen LogP contribution in [0.15, 0.2) is 59.5 Å². The molecular weight excluding hydrogens is 314 g/mol. The van der Waals surface area contributed by atoms with Gasteiger partial charge in [0.2, 0.25) is 0 Å². The molecule has 0 aliphatic heterocycles. The van der Waals surface area contributed by atoms with Crippen molar-refractivity contribution in [3.05, 3.63) is 65.1 Å². The summed E-state index contributed by atoms with van der Waals surface area (Å²) in [5.74, 6) is 0.269. The van der Waals surface area contributed by atoms with Gasteiger partial charge in [-0.2, -0.15) is 0 Å². The van der Waals surface area contributed by atoms with Crippen LogP contribution in [0, 0.1) is 0 Å². The zero-order valence-electron chi connectivity index (χ0n) is 15.0. The smallest absolute Gasteiger partial charge is 0.303 e. The van der Waals surface area contributed by atoms with Crippen molar-refractivity contribution in [1.82, 2.24) is 0 Å². The molecule has 0 amide bonds. The molecule has 1 unspecified atom stereocenters. The fourth-order valence-corrected chi connectivity index (χ4v) is 2.69. The molecule has 0 aromatic heterocycles. The van der Waals surface area contributed by atoms with Gasteiger partial charge < -0.3 is 15.2 Å². The highest BCUT2D eigenvalue weighted by molar-refractivity contribution is 5.69. The highest BCUT2D eigenvalue weighted by Crippen LogP contribution is 2.28. The second kappa shape index (κ2) is 9.72. The van der Waals surface area contributed by atoms with E-state index >= 15 is 0 Å². The third-order valence-corrected chi connectivity index (χ3v) is 3.94. The van der Waals surface area contributed by atoms with Crippen LogP contribution in [0.5, 0.6) is 0 Å². The molecule has 0 radical (unpaired) electrons. The second-order valence-corrected chi connectivity index (χ2v) is 6.09. The molecule has 1 aliphatic carbocycles. The summed E-state index contributed by atoms with van der Waals surface area (Å²) in [7, 11) is 0. The molecule has 1 aromatic rings. The van der Waals surface area contributed by atoms with Gasteiger partial charge in [-0.05, 0) is 30.2 Å². The van der Waals surface area contributed by atoms with Gasteiger partial charge in [0.15, 0.2) is 0 Å². The molecule has 0 bridgehead atoms. The first kappa shape index (κ1) is 18.8. The van der Waals surface area contributed by atoms with E-state index in [0.29, 0.717) is 18.1 Å². The number of benzene rings is 1. The number of nitrogens with two attached hydrogens (primary N) is 1. The van der Waals surface area contributed by atoms with Crippen molar-refractivity contribution in [2.45, 2.75) is 45.6 Å². The van der Waals surface area contributed by atoms with Crippen molar-refractivity contribution >= 4 is 12.0 Å². The van der Waals surface area contributed by atoms with Gasteiger partial charge >= 0.3 is 5.97 Å². The number of hydrogen-bond acceptors (Lipinski definition) is 4. The first-order valence-corrected chi connectivity index (χ1v) is 8.86. The minimum atomic E-state index is -0.490. The topological polar surface area (TPSA) is 61.6 Å². The van der Waals surface area contributed by atoms with Crippen LogP contribution < -0.4 is 5.73 Å². The van der Waals surface area contributed by atoms with Crippen LogP contribution in [-0.2, 0) is 14.3 Å². The average Bonchev–Trinajstić information content (AvgIpc) is 2.60. The number of esters is 1. The Hall–Kier alpha value is -2.49. The summed E-state index contributed by atoms with van der Waals surface area (Å²) in [5.41, 5.74) is 8.48. The zero-order valence-corrected chi connectivity index (χ0v) is 15.0. The summed E-state index contributed by atoms with van der Waals surface area (Å²) in [4.78, 5) is 11.5. The average molecular weight is 341 g/mol. The van der Waals surface area contributed by atoms with Gasteiger partial charge in [0, 0.05) is 12.5 Å². The summed E-state index contributed by atoms with van der Waals surface area (Å²) in [5, 5.41) is 0. The summed E-state index contributed by atoms with van der Waals surface area (Å²) >= 11 is 0. The largest absolute Gasteiger partial charge is 0.491 e. The van der Waals surface area contributed by atoms with E-state index in [4.69, 9.17) is 15.2 Å². The van der Waals surface area contributed by atoms with Gasteiger partial charge in [-0.3, -0.25) is 4.79 Å². The van der Waals surface area contributed by atoms with E-state index in [2.05, 4.69) is 6.92 Å². The van der Waals surface area contributed by atoms with Crippen molar-refractivity contribution in [3.63, 3.8) is 0 Å². The number of allylic oxidation sites excluding steroid dienone is 1. The molecule has 4 nitrogen and oxygen atoms in total. The lowest BCUT2D eigenvalue weighted by Crippen LogP contribution is -2.24. The molecule has 2 rings (SSSR count). The normalized spacial score (nSPS) is 18.5. The number of carbonyl (C=O) groups excluding carboxylic acids is 1. The molecule has 0 saturated carbocycles. The van der Waals surface area contributed by atoms with Crippen LogP contribution in [0.3, 0.4) is 0 Å². The van der Waals surface area contributed by atoms with E-state index in [0.717, 1.165) is 24.0 Å². The maximum Gasteiger partial charge on any atom is 0.303 e. The van der Waals surface area contributed by atoms with Crippen molar-refractivity contribution in [2.75, 3.05) is 6.61 Å².